The Kier molecular flexibility index (Phi) is 5.32. The summed E-state index contributed by atoms with van der Waals surface area (Å²) in [5.41, 5.74) is 2.34. The van der Waals surface area contributed by atoms with Crippen LogP contribution in [-0.2, 0) is 0 Å². The number of pyridine rings is 1. The minimum Gasteiger partial charge on any atom is -0.478 e. The molecule has 5 heteroatoms. The van der Waals surface area contributed by atoms with Crippen molar-refractivity contribution >= 4 is 11.7 Å². The number of nitriles is 1. The topological polar surface area (TPSA) is 86.0 Å². The molecule has 1 aromatic carbocycles. The highest BCUT2D eigenvalue weighted by molar-refractivity contribution is 5.95. The number of hydrogen-bond donors (Lipinski definition) is 2. The molecular formula is C18H19N3O2. The Balaban J connectivity index is 2.41. The second-order valence-corrected chi connectivity index (χ2v) is 5.41. The van der Waals surface area contributed by atoms with Gasteiger partial charge in [-0.05, 0) is 37.6 Å². The third-order valence-electron chi connectivity index (χ3n) is 3.58. The van der Waals surface area contributed by atoms with Crippen molar-refractivity contribution < 1.29 is 9.90 Å². The molecule has 0 saturated carbocycles. The van der Waals surface area contributed by atoms with Gasteiger partial charge in [-0.15, -0.1) is 0 Å². The van der Waals surface area contributed by atoms with E-state index in [1.54, 1.807) is 30.5 Å². The van der Waals surface area contributed by atoms with Gasteiger partial charge in [-0.25, -0.2) is 4.79 Å². The second kappa shape index (κ2) is 7.41. The summed E-state index contributed by atoms with van der Waals surface area (Å²) in [6.07, 6.45) is 3.61. The molecule has 0 spiro atoms. The third-order valence-corrected chi connectivity index (χ3v) is 3.58. The largest absolute Gasteiger partial charge is 0.478 e. The van der Waals surface area contributed by atoms with Crippen molar-refractivity contribution in [2.45, 2.75) is 32.7 Å². The lowest BCUT2D eigenvalue weighted by atomic mass is 10.0. The molecule has 1 aromatic heterocycles. The predicted octanol–water partition coefficient (Wildman–Crippen LogP) is 3.92. The number of carboxylic acid groups (broad SMARTS) is 1. The average Bonchev–Trinajstić information content (AvgIpc) is 2.55. The maximum Gasteiger partial charge on any atom is 0.337 e. The van der Waals surface area contributed by atoms with Crippen molar-refractivity contribution in [1.82, 2.24) is 4.98 Å². The zero-order valence-electron chi connectivity index (χ0n) is 13.2. The van der Waals surface area contributed by atoms with Gasteiger partial charge in [0.15, 0.2) is 0 Å². The first-order valence-electron chi connectivity index (χ1n) is 7.56. The zero-order chi connectivity index (χ0) is 16.8. The van der Waals surface area contributed by atoms with Crippen LogP contribution < -0.4 is 5.32 Å². The Hall–Kier alpha value is -2.87. The minimum absolute atomic E-state index is 0.122. The Morgan fingerprint density at radius 3 is 2.87 bits per heavy atom. The van der Waals surface area contributed by atoms with Crippen LogP contribution in [0.4, 0.5) is 5.69 Å². The molecule has 2 N–H and O–H groups in total. The Morgan fingerprint density at radius 1 is 1.43 bits per heavy atom. The van der Waals surface area contributed by atoms with Gasteiger partial charge in [0.05, 0.1) is 22.5 Å². The molecule has 0 aliphatic carbocycles. The number of carboxylic acids is 1. The van der Waals surface area contributed by atoms with Crippen LogP contribution in [0.25, 0.3) is 11.3 Å². The molecule has 0 amide bonds. The molecule has 0 aliphatic rings. The third kappa shape index (κ3) is 3.86. The monoisotopic (exact) mass is 309 g/mol. The molecule has 23 heavy (non-hydrogen) atoms. The zero-order valence-corrected chi connectivity index (χ0v) is 13.2. The highest BCUT2D eigenvalue weighted by Gasteiger charge is 2.14. The maximum absolute atomic E-state index is 11.3. The van der Waals surface area contributed by atoms with E-state index in [2.05, 4.69) is 30.2 Å². The Bertz CT molecular complexity index is 750. The van der Waals surface area contributed by atoms with Crippen LogP contribution in [0.1, 0.15) is 42.6 Å². The summed E-state index contributed by atoms with van der Waals surface area (Å²) in [7, 11) is 0. The fourth-order valence-corrected chi connectivity index (χ4v) is 2.49. The van der Waals surface area contributed by atoms with Gasteiger partial charge in [-0.1, -0.05) is 19.4 Å². The molecule has 0 fully saturated rings. The van der Waals surface area contributed by atoms with E-state index in [9.17, 15) is 15.2 Å². The van der Waals surface area contributed by atoms with E-state index in [-0.39, 0.29) is 11.6 Å². The number of anilines is 1. The van der Waals surface area contributed by atoms with Gasteiger partial charge in [0, 0.05) is 17.8 Å². The van der Waals surface area contributed by atoms with Crippen LogP contribution in [0, 0.1) is 11.3 Å². The predicted molar refractivity (Wildman–Crippen MR) is 89.3 cm³/mol. The number of hydrogen-bond acceptors (Lipinski definition) is 4. The molecule has 2 aromatic rings. The fraction of sp³-hybridized carbons (Fsp3) is 0.278. The lowest BCUT2D eigenvalue weighted by Gasteiger charge is -2.16. The Labute approximate surface area is 135 Å². The van der Waals surface area contributed by atoms with Gasteiger partial charge < -0.3 is 10.4 Å². The van der Waals surface area contributed by atoms with Crippen molar-refractivity contribution in [3.8, 4) is 17.3 Å². The molecule has 0 radical (unpaired) electrons. The van der Waals surface area contributed by atoms with E-state index >= 15 is 0 Å². The van der Waals surface area contributed by atoms with Crippen molar-refractivity contribution in [1.29, 1.82) is 5.26 Å². The maximum atomic E-state index is 11.3. The van der Waals surface area contributed by atoms with Gasteiger partial charge in [0.1, 0.15) is 6.07 Å². The SMILES string of the molecule is CCCC(C)Nc1ccc(-c2ncccc2C(=O)O)cc1C#N. The molecular weight excluding hydrogens is 290 g/mol. The first-order chi connectivity index (χ1) is 11.1. The van der Waals surface area contributed by atoms with Gasteiger partial charge in [0.25, 0.3) is 0 Å². The molecule has 118 valence electrons. The normalized spacial score (nSPS) is 11.5. The molecule has 1 heterocycles. The summed E-state index contributed by atoms with van der Waals surface area (Å²) in [6, 6.07) is 10.8. The minimum atomic E-state index is -1.04. The van der Waals surface area contributed by atoms with Crippen LogP contribution in [0.15, 0.2) is 36.5 Å². The fourth-order valence-electron chi connectivity index (χ4n) is 2.49. The van der Waals surface area contributed by atoms with Crippen molar-refractivity contribution in [3.05, 3.63) is 47.7 Å². The number of nitrogens with one attached hydrogen (secondary N) is 1. The smallest absolute Gasteiger partial charge is 0.337 e. The van der Waals surface area contributed by atoms with E-state index in [1.165, 1.54) is 6.07 Å². The summed E-state index contributed by atoms with van der Waals surface area (Å²) >= 11 is 0. The highest BCUT2D eigenvalue weighted by Crippen LogP contribution is 2.26. The van der Waals surface area contributed by atoms with Gasteiger partial charge in [-0.3, -0.25) is 4.98 Å². The van der Waals surface area contributed by atoms with Crippen LogP contribution in [0.3, 0.4) is 0 Å². The number of aromatic nitrogens is 1. The van der Waals surface area contributed by atoms with E-state index in [0.29, 0.717) is 16.8 Å². The molecule has 1 unspecified atom stereocenters. The molecule has 2 rings (SSSR count). The van der Waals surface area contributed by atoms with Crippen molar-refractivity contribution in [2.24, 2.45) is 0 Å². The summed E-state index contributed by atoms with van der Waals surface area (Å²) in [4.78, 5) is 15.5. The van der Waals surface area contributed by atoms with Crippen molar-refractivity contribution in [2.75, 3.05) is 5.32 Å². The van der Waals surface area contributed by atoms with Gasteiger partial charge >= 0.3 is 5.97 Å². The first kappa shape index (κ1) is 16.5. The average molecular weight is 309 g/mol. The number of benzene rings is 1. The quantitative estimate of drug-likeness (QED) is 0.844. The van der Waals surface area contributed by atoms with E-state index in [1.807, 2.05) is 0 Å². The summed E-state index contributed by atoms with van der Waals surface area (Å²) < 4.78 is 0. The van der Waals surface area contributed by atoms with Gasteiger partial charge in [0.2, 0.25) is 0 Å². The van der Waals surface area contributed by atoms with Crippen LogP contribution in [0.5, 0.6) is 0 Å². The van der Waals surface area contributed by atoms with E-state index in [4.69, 9.17) is 0 Å². The molecule has 0 saturated heterocycles. The van der Waals surface area contributed by atoms with Crippen molar-refractivity contribution in [3.63, 3.8) is 0 Å². The standard InChI is InChI=1S/C18H19N3O2/c1-3-5-12(2)21-16-8-7-13(10-14(16)11-19)17-15(18(22)23)6-4-9-20-17/h4,6-10,12,21H,3,5H2,1-2H3,(H,22,23). The molecule has 5 nitrogen and oxygen atoms in total. The Morgan fingerprint density at radius 2 is 2.22 bits per heavy atom. The van der Waals surface area contributed by atoms with Crippen LogP contribution in [0.2, 0.25) is 0 Å². The molecule has 0 aliphatic heterocycles. The number of carbonyl (C=O) groups is 1. The molecule has 0 bridgehead atoms. The molecule has 1 atom stereocenters. The van der Waals surface area contributed by atoms with Crippen LogP contribution >= 0.6 is 0 Å². The van der Waals surface area contributed by atoms with E-state index < -0.39 is 5.97 Å². The first-order valence-corrected chi connectivity index (χ1v) is 7.56. The lowest BCUT2D eigenvalue weighted by Crippen LogP contribution is -2.15. The summed E-state index contributed by atoms with van der Waals surface area (Å²) in [6.45, 7) is 4.18. The number of aromatic carboxylic acids is 1. The van der Waals surface area contributed by atoms with E-state index in [0.717, 1.165) is 18.5 Å². The summed E-state index contributed by atoms with van der Waals surface area (Å²) in [5, 5.41) is 22.0. The van der Waals surface area contributed by atoms with Gasteiger partial charge in [-0.2, -0.15) is 5.26 Å². The summed E-state index contributed by atoms with van der Waals surface area (Å²) in [5.74, 6) is -1.04. The lowest BCUT2D eigenvalue weighted by molar-refractivity contribution is 0.0697. The van der Waals surface area contributed by atoms with Crippen LogP contribution in [-0.4, -0.2) is 22.1 Å². The number of rotatable bonds is 6. The highest BCUT2D eigenvalue weighted by atomic mass is 16.4. The number of nitrogens with zero attached hydrogens (tertiary/aromatic N) is 2. The second-order valence-electron chi connectivity index (χ2n) is 5.41.